The highest BCUT2D eigenvalue weighted by Crippen LogP contribution is 2.29. The largest absolute Gasteiger partial charge is 0.441 e. The van der Waals surface area contributed by atoms with Gasteiger partial charge < -0.3 is 10.5 Å². The van der Waals surface area contributed by atoms with Gasteiger partial charge in [-0.1, -0.05) is 59.6 Å². The lowest BCUT2D eigenvalue weighted by Crippen LogP contribution is -2.28. The maximum Gasteiger partial charge on any atom is 0.405 e. The van der Waals surface area contributed by atoms with E-state index >= 15 is 0 Å². The van der Waals surface area contributed by atoms with Crippen molar-refractivity contribution >= 4 is 35.1 Å². The molecule has 0 aliphatic rings. The van der Waals surface area contributed by atoms with Crippen molar-refractivity contribution in [3.8, 4) is 11.4 Å². The maximum absolute atomic E-state index is 14.4. The predicted molar refractivity (Wildman–Crippen MR) is 142 cm³/mol. The van der Waals surface area contributed by atoms with Crippen LogP contribution in [0, 0.1) is 5.82 Å². The lowest BCUT2D eigenvalue weighted by molar-refractivity contribution is -0.120. The summed E-state index contributed by atoms with van der Waals surface area (Å²) in [5.74, 6) is -0.547. The molecule has 4 rings (SSSR count). The molecule has 1 unspecified atom stereocenters. The number of Topliss-reactive ketones (excluding diaryl/α,β-unsaturated/α-hetero) is 1. The Morgan fingerprint density at radius 3 is 2.37 bits per heavy atom. The Kier molecular flexibility index (Phi) is 8.60. The van der Waals surface area contributed by atoms with Gasteiger partial charge >= 0.3 is 11.8 Å². The van der Waals surface area contributed by atoms with E-state index in [-0.39, 0.29) is 37.5 Å². The summed E-state index contributed by atoms with van der Waals surface area (Å²) in [5.41, 5.74) is 6.00. The Morgan fingerprint density at radius 2 is 1.68 bits per heavy atom. The van der Waals surface area contributed by atoms with Gasteiger partial charge in [0.25, 0.3) is 0 Å². The summed E-state index contributed by atoms with van der Waals surface area (Å²) < 4.78 is 21.9. The first-order valence-corrected chi connectivity index (χ1v) is 12.4. The second-order valence-electron chi connectivity index (χ2n) is 8.47. The van der Waals surface area contributed by atoms with Gasteiger partial charge in [0.15, 0.2) is 11.6 Å². The average Bonchev–Trinajstić information content (AvgIpc) is 3.18. The van der Waals surface area contributed by atoms with Crippen LogP contribution in [0.1, 0.15) is 30.1 Å². The minimum Gasteiger partial charge on any atom is -0.441 e. The van der Waals surface area contributed by atoms with Gasteiger partial charge in [-0.15, -0.1) is 5.10 Å². The molecule has 2 N–H and O–H groups in total. The molecule has 0 aliphatic carbocycles. The lowest BCUT2D eigenvalue weighted by Gasteiger charge is -2.17. The first kappa shape index (κ1) is 27.1. The zero-order valence-electron chi connectivity index (χ0n) is 20.0. The molecule has 0 fully saturated rings. The van der Waals surface area contributed by atoms with Crippen LogP contribution in [-0.2, 0) is 22.6 Å². The third-order valence-corrected chi connectivity index (χ3v) is 6.43. The number of halogens is 3. The monoisotopic (exact) mass is 556 g/mol. The van der Waals surface area contributed by atoms with E-state index in [2.05, 4.69) is 5.10 Å². The molecule has 11 heteroatoms. The Labute approximate surface area is 227 Å². The first-order valence-electron chi connectivity index (χ1n) is 11.6. The molecule has 0 saturated carbocycles. The minimum absolute atomic E-state index is 0.0495. The van der Waals surface area contributed by atoms with Crippen molar-refractivity contribution < 1.29 is 18.7 Å². The Hall–Kier alpha value is -3.95. The summed E-state index contributed by atoms with van der Waals surface area (Å²) in [4.78, 5) is 37.6. The number of aromatic nitrogens is 3. The molecule has 0 aliphatic heterocycles. The number of hydrogen-bond donors (Lipinski definition) is 1. The summed E-state index contributed by atoms with van der Waals surface area (Å²) in [7, 11) is 0. The van der Waals surface area contributed by atoms with Gasteiger partial charge in [0.1, 0.15) is 18.5 Å². The van der Waals surface area contributed by atoms with Gasteiger partial charge in [-0.05, 0) is 42.8 Å². The number of rotatable bonds is 10. The normalized spacial score (nSPS) is 11.8. The number of ether oxygens (including phenoxy) is 1. The molecule has 3 aromatic carbocycles. The minimum atomic E-state index is -1.00. The molecule has 0 radical (unpaired) electrons. The fraction of sp³-hybridized carbons (Fsp3) is 0.185. The summed E-state index contributed by atoms with van der Waals surface area (Å²) in [6.45, 7) is -0.422. The van der Waals surface area contributed by atoms with Crippen molar-refractivity contribution in [3.63, 3.8) is 0 Å². The molecule has 0 bridgehead atoms. The van der Waals surface area contributed by atoms with Gasteiger partial charge in [0.05, 0.1) is 6.54 Å². The molecule has 1 amide bonds. The predicted octanol–water partition coefficient (Wildman–Crippen LogP) is 5.39. The van der Waals surface area contributed by atoms with Crippen LogP contribution in [0.3, 0.4) is 0 Å². The van der Waals surface area contributed by atoms with Crippen molar-refractivity contribution in [1.29, 1.82) is 0 Å². The maximum atomic E-state index is 14.4. The second-order valence-corrected chi connectivity index (χ2v) is 9.32. The number of carbonyl (C=O) groups excluding carboxylic acids is 2. The number of ketones is 1. The highest BCUT2D eigenvalue weighted by Gasteiger charge is 2.22. The molecule has 196 valence electrons. The van der Waals surface area contributed by atoms with E-state index in [1.165, 1.54) is 10.6 Å². The van der Waals surface area contributed by atoms with E-state index < -0.39 is 23.7 Å². The van der Waals surface area contributed by atoms with E-state index in [1.54, 1.807) is 66.7 Å². The number of carbonyl (C=O) groups is 2. The smallest absolute Gasteiger partial charge is 0.405 e. The fourth-order valence-corrected chi connectivity index (χ4v) is 4.37. The van der Waals surface area contributed by atoms with Crippen LogP contribution in [0.4, 0.5) is 9.18 Å². The zero-order valence-corrected chi connectivity index (χ0v) is 21.5. The van der Waals surface area contributed by atoms with E-state index in [0.717, 1.165) is 4.68 Å². The SMILES string of the molecule is NC(=O)OC(CCC(=O)Cn1nc(-c2ccc(Cl)cc2)n(Cc2ccccc2F)c1=O)c1ccccc1Cl. The van der Waals surface area contributed by atoms with Gasteiger partial charge in [-0.25, -0.2) is 18.7 Å². The molecular weight excluding hydrogens is 534 g/mol. The molecular formula is C27H23Cl2FN4O4. The van der Waals surface area contributed by atoms with E-state index in [4.69, 9.17) is 33.7 Å². The van der Waals surface area contributed by atoms with Crippen LogP contribution < -0.4 is 11.4 Å². The topological polar surface area (TPSA) is 109 Å². The van der Waals surface area contributed by atoms with Crippen LogP contribution >= 0.6 is 23.2 Å². The standard InChI is InChI=1S/C27H23Cl2FN4O4/c28-19-11-9-17(10-12-19)25-32-34(27(37)33(25)15-18-5-1-4-8-23(18)30)16-20(35)13-14-24(38-26(31)36)21-6-2-3-7-22(21)29/h1-12,24H,13-16H2,(H2,31,36). The summed E-state index contributed by atoms with van der Waals surface area (Å²) in [6, 6.07) is 19.5. The van der Waals surface area contributed by atoms with Crippen LogP contribution in [0.15, 0.2) is 77.6 Å². The molecule has 1 aromatic heterocycles. The lowest BCUT2D eigenvalue weighted by atomic mass is 10.0. The van der Waals surface area contributed by atoms with Gasteiger partial charge in [-0.3, -0.25) is 9.36 Å². The molecule has 38 heavy (non-hydrogen) atoms. The number of nitrogens with two attached hydrogens (primary N) is 1. The van der Waals surface area contributed by atoms with Crippen LogP contribution in [0.25, 0.3) is 11.4 Å². The van der Waals surface area contributed by atoms with Crippen LogP contribution in [0.2, 0.25) is 10.0 Å². The van der Waals surface area contributed by atoms with Crippen molar-refractivity contribution in [2.24, 2.45) is 5.73 Å². The first-order chi connectivity index (χ1) is 18.2. The van der Waals surface area contributed by atoms with E-state index in [0.29, 0.717) is 26.7 Å². The second kappa shape index (κ2) is 12.1. The summed E-state index contributed by atoms with van der Waals surface area (Å²) >= 11 is 12.2. The molecule has 4 aromatic rings. The molecule has 1 heterocycles. The van der Waals surface area contributed by atoms with Gasteiger partial charge in [0.2, 0.25) is 0 Å². The Morgan fingerprint density at radius 1 is 1.00 bits per heavy atom. The van der Waals surface area contributed by atoms with E-state index in [1.807, 2.05) is 0 Å². The molecule has 8 nitrogen and oxygen atoms in total. The Bertz CT molecular complexity index is 1520. The van der Waals surface area contributed by atoms with E-state index in [9.17, 15) is 18.8 Å². The van der Waals surface area contributed by atoms with Gasteiger partial charge in [0, 0.05) is 33.2 Å². The van der Waals surface area contributed by atoms with Gasteiger partial charge in [-0.2, -0.15) is 0 Å². The summed E-state index contributed by atoms with van der Waals surface area (Å²) in [5, 5.41) is 5.24. The van der Waals surface area contributed by atoms with Crippen molar-refractivity contribution in [3.05, 3.63) is 110 Å². The van der Waals surface area contributed by atoms with Crippen LogP contribution in [0.5, 0.6) is 0 Å². The van der Waals surface area contributed by atoms with Crippen molar-refractivity contribution in [1.82, 2.24) is 14.3 Å². The quantitative estimate of drug-likeness (QED) is 0.281. The number of benzene rings is 3. The van der Waals surface area contributed by atoms with Crippen LogP contribution in [-0.4, -0.2) is 26.2 Å². The fourth-order valence-electron chi connectivity index (χ4n) is 3.99. The third-order valence-electron chi connectivity index (χ3n) is 5.83. The number of primary amides is 1. The number of amides is 1. The zero-order chi connectivity index (χ0) is 27.2. The highest BCUT2D eigenvalue weighted by atomic mass is 35.5. The third kappa shape index (κ3) is 6.48. The number of hydrogen-bond acceptors (Lipinski definition) is 5. The molecule has 1 atom stereocenters. The number of nitrogens with zero attached hydrogens (tertiary/aromatic N) is 3. The molecule has 0 saturated heterocycles. The highest BCUT2D eigenvalue weighted by molar-refractivity contribution is 6.31. The van der Waals surface area contributed by atoms with Crippen molar-refractivity contribution in [2.75, 3.05) is 0 Å². The average molecular weight is 557 g/mol. The summed E-state index contributed by atoms with van der Waals surface area (Å²) in [6.07, 6.45) is -1.80. The molecule has 0 spiro atoms. The Balaban J connectivity index is 1.58. The van der Waals surface area contributed by atoms with Crippen molar-refractivity contribution in [2.45, 2.75) is 32.0 Å².